The van der Waals surface area contributed by atoms with Crippen molar-refractivity contribution in [3.05, 3.63) is 0 Å². The molecule has 0 amide bonds. The van der Waals surface area contributed by atoms with Crippen LogP contribution in [-0.4, -0.2) is 34.5 Å². The molecule has 2 heterocycles. The summed E-state index contributed by atoms with van der Waals surface area (Å²) in [6.45, 7) is 7.73. The van der Waals surface area contributed by atoms with Gasteiger partial charge in [0, 0.05) is 0 Å². The molecule has 2 saturated heterocycles. The molecule has 0 spiro atoms. The van der Waals surface area contributed by atoms with Gasteiger partial charge in [-0.15, -0.1) is 0 Å². The second kappa shape index (κ2) is 5.69. The fourth-order valence-electron chi connectivity index (χ4n) is 4.97. The lowest BCUT2D eigenvalue weighted by molar-refractivity contribution is 0.777. The zero-order valence-electron chi connectivity index (χ0n) is 12.4. The predicted octanol–water partition coefficient (Wildman–Crippen LogP) is 5.62. The Balaban J connectivity index is 1.74. The minimum absolute atomic E-state index is 0.373. The van der Waals surface area contributed by atoms with Crippen LogP contribution >= 0.6 is 15.8 Å². The van der Waals surface area contributed by atoms with Gasteiger partial charge in [-0.1, -0.05) is 43.0 Å². The fraction of sp³-hybridized carbons (Fsp3) is 1.00. The summed E-state index contributed by atoms with van der Waals surface area (Å²) in [7, 11) is 0.788. The summed E-state index contributed by atoms with van der Waals surface area (Å²) in [6, 6.07) is 0. The SMILES string of the molecule is C[C@H]1CCCP1C1CCC[C@H]1P1[C@@H](C)CC[C@@H]1C. The van der Waals surface area contributed by atoms with Crippen LogP contribution in [0.4, 0.5) is 0 Å². The van der Waals surface area contributed by atoms with Gasteiger partial charge in [-0.25, -0.2) is 0 Å². The normalized spacial score (nSPS) is 50.2. The molecule has 3 aliphatic rings. The molecular formula is C16H30P2. The molecule has 0 nitrogen and oxygen atoms in total. The standard InChI is InChI=1S/C16H30P2/c1-12-6-5-11-17(12)15-7-4-8-16(15)18-13(2)9-10-14(18)3/h12-16H,4-11H2,1-3H3/t12-,13-,14-,15?,16+,17?/m0/s1. The van der Waals surface area contributed by atoms with Gasteiger partial charge in [0.1, 0.15) is 0 Å². The Bertz CT molecular complexity index is 281. The summed E-state index contributed by atoms with van der Waals surface area (Å²) in [5.74, 6) is 0. The Morgan fingerprint density at radius 1 is 0.667 bits per heavy atom. The summed E-state index contributed by atoms with van der Waals surface area (Å²) >= 11 is 0. The zero-order valence-corrected chi connectivity index (χ0v) is 14.2. The van der Waals surface area contributed by atoms with E-state index in [1.807, 2.05) is 0 Å². The van der Waals surface area contributed by atoms with Gasteiger partial charge in [-0.05, 0) is 73.0 Å². The van der Waals surface area contributed by atoms with Gasteiger partial charge in [0.05, 0.1) is 0 Å². The van der Waals surface area contributed by atoms with Crippen molar-refractivity contribution in [1.29, 1.82) is 0 Å². The Labute approximate surface area is 116 Å². The molecule has 3 rings (SSSR count). The Kier molecular flexibility index (Phi) is 4.37. The fourth-order valence-corrected chi connectivity index (χ4v) is 13.6. The maximum absolute atomic E-state index is 2.58. The van der Waals surface area contributed by atoms with Crippen LogP contribution in [-0.2, 0) is 0 Å². The molecule has 2 heteroatoms. The Hall–Kier alpha value is 0.860. The lowest BCUT2D eigenvalue weighted by Gasteiger charge is -2.37. The smallest absolute Gasteiger partial charge is 0.0137 e. The van der Waals surface area contributed by atoms with E-state index in [-0.39, 0.29) is 0 Å². The largest absolute Gasteiger partial charge is 0.1000 e. The second-order valence-corrected chi connectivity index (χ2v) is 13.4. The molecular weight excluding hydrogens is 254 g/mol. The molecule has 0 aromatic heterocycles. The molecule has 3 fully saturated rings. The van der Waals surface area contributed by atoms with Crippen LogP contribution in [0.2, 0.25) is 0 Å². The van der Waals surface area contributed by atoms with E-state index in [9.17, 15) is 0 Å². The molecule has 104 valence electrons. The third-order valence-electron chi connectivity index (χ3n) is 5.88. The first-order valence-electron chi connectivity index (χ1n) is 8.21. The van der Waals surface area contributed by atoms with Crippen molar-refractivity contribution in [2.45, 2.75) is 94.0 Å². The molecule has 2 unspecified atom stereocenters. The van der Waals surface area contributed by atoms with E-state index >= 15 is 0 Å². The minimum atomic E-state index is 0.373. The highest BCUT2D eigenvalue weighted by atomic mass is 31.1. The average molecular weight is 284 g/mol. The molecule has 0 bridgehead atoms. The van der Waals surface area contributed by atoms with Gasteiger partial charge in [0.2, 0.25) is 0 Å². The first kappa shape index (κ1) is 13.8. The zero-order chi connectivity index (χ0) is 12.7. The van der Waals surface area contributed by atoms with E-state index in [0.717, 1.165) is 17.0 Å². The third kappa shape index (κ3) is 2.42. The van der Waals surface area contributed by atoms with Crippen molar-refractivity contribution in [2.75, 3.05) is 6.16 Å². The van der Waals surface area contributed by atoms with Crippen LogP contribution in [0.3, 0.4) is 0 Å². The van der Waals surface area contributed by atoms with Gasteiger partial charge in [-0.2, -0.15) is 0 Å². The monoisotopic (exact) mass is 284 g/mol. The van der Waals surface area contributed by atoms with Crippen LogP contribution in [0, 0.1) is 0 Å². The van der Waals surface area contributed by atoms with E-state index in [0.29, 0.717) is 15.8 Å². The topological polar surface area (TPSA) is 0 Å². The first-order valence-corrected chi connectivity index (χ1v) is 11.4. The number of hydrogen-bond donors (Lipinski definition) is 0. The van der Waals surface area contributed by atoms with Crippen LogP contribution in [0.5, 0.6) is 0 Å². The average Bonchev–Trinajstić information content (AvgIpc) is 3.00. The molecule has 2 aliphatic heterocycles. The Morgan fingerprint density at radius 3 is 1.94 bits per heavy atom. The summed E-state index contributed by atoms with van der Waals surface area (Å²) < 4.78 is 0. The van der Waals surface area contributed by atoms with Crippen molar-refractivity contribution < 1.29 is 0 Å². The summed E-state index contributed by atoms with van der Waals surface area (Å²) in [5, 5.41) is 0. The molecule has 1 saturated carbocycles. The molecule has 0 radical (unpaired) electrons. The summed E-state index contributed by atoms with van der Waals surface area (Å²) in [6.07, 6.45) is 12.6. The summed E-state index contributed by atoms with van der Waals surface area (Å²) in [5.41, 5.74) is 5.68. The van der Waals surface area contributed by atoms with E-state index in [1.165, 1.54) is 11.3 Å². The van der Waals surface area contributed by atoms with E-state index in [1.54, 1.807) is 51.1 Å². The highest BCUT2D eigenvalue weighted by Gasteiger charge is 2.45. The highest BCUT2D eigenvalue weighted by Crippen LogP contribution is 2.69. The van der Waals surface area contributed by atoms with Crippen molar-refractivity contribution in [3.8, 4) is 0 Å². The van der Waals surface area contributed by atoms with Crippen LogP contribution in [0.1, 0.15) is 65.7 Å². The molecule has 1 aliphatic carbocycles. The minimum Gasteiger partial charge on any atom is -0.1000 e. The number of rotatable bonds is 2. The van der Waals surface area contributed by atoms with Crippen molar-refractivity contribution in [3.63, 3.8) is 0 Å². The maximum Gasteiger partial charge on any atom is -0.0137 e. The van der Waals surface area contributed by atoms with Gasteiger partial charge in [-0.3, -0.25) is 0 Å². The third-order valence-corrected chi connectivity index (χ3v) is 13.7. The van der Waals surface area contributed by atoms with Crippen molar-refractivity contribution >= 4 is 15.8 Å². The predicted molar refractivity (Wildman–Crippen MR) is 87.0 cm³/mol. The highest BCUT2D eigenvalue weighted by molar-refractivity contribution is 7.64. The van der Waals surface area contributed by atoms with Gasteiger partial charge in [0.15, 0.2) is 0 Å². The van der Waals surface area contributed by atoms with E-state index in [2.05, 4.69) is 20.8 Å². The maximum atomic E-state index is 2.58. The second-order valence-electron chi connectivity index (χ2n) is 7.02. The van der Waals surface area contributed by atoms with Crippen LogP contribution in [0.15, 0.2) is 0 Å². The molecule has 0 aromatic rings. The van der Waals surface area contributed by atoms with Crippen LogP contribution < -0.4 is 0 Å². The molecule has 18 heavy (non-hydrogen) atoms. The quantitative estimate of drug-likeness (QED) is 0.577. The van der Waals surface area contributed by atoms with Gasteiger partial charge in [0.25, 0.3) is 0 Å². The van der Waals surface area contributed by atoms with Gasteiger partial charge < -0.3 is 0 Å². The van der Waals surface area contributed by atoms with Crippen LogP contribution in [0.25, 0.3) is 0 Å². The first-order chi connectivity index (χ1) is 8.68. The molecule has 0 aromatic carbocycles. The van der Waals surface area contributed by atoms with Gasteiger partial charge >= 0.3 is 0 Å². The lowest BCUT2D eigenvalue weighted by atomic mass is 10.2. The lowest BCUT2D eigenvalue weighted by Crippen LogP contribution is -2.23. The van der Waals surface area contributed by atoms with E-state index < -0.39 is 0 Å². The Morgan fingerprint density at radius 2 is 1.33 bits per heavy atom. The van der Waals surface area contributed by atoms with E-state index in [4.69, 9.17) is 0 Å². The van der Waals surface area contributed by atoms with Crippen molar-refractivity contribution in [1.82, 2.24) is 0 Å². The molecule has 0 N–H and O–H groups in total. The number of hydrogen-bond acceptors (Lipinski definition) is 0. The summed E-state index contributed by atoms with van der Waals surface area (Å²) in [4.78, 5) is 0. The molecule has 6 atom stereocenters. The van der Waals surface area contributed by atoms with Crippen molar-refractivity contribution in [2.24, 2.45) is 0 Å².